The summed E-state index contributed by atoms with van der Waals surface area (Å²) in [6.45, 7) is 0. The van der Waals surface area contributed by atoms with Gasteiger partial charge in [0.2, 0.25) is 11.0 Å². The first-order chi connectivity index (χ1) is 15.8. The lowest BCUT2D eigenvalue weighted by Gasteiger charge is -2.04. The Kier molecular flexibility index (Phi) is 7.28. The summed E-state index contributed by atoms with van der Waals surface area (Å²) in [5, 5.41) is 38.0. The number of benzene rings is 2. The highest BCUT2D eigenvalue weighted by Crippen LogP contribution is 2.18. The summed E-state index contributed by atoms with van der Waals surface area (Å²) in [5.74, 6) is -0.480. The number of non-ortho nitro benzene ring substituents is 2. The van der Waals surface area contributed by atoms with Gasteiger partial charge in [0.05, 0.1) is 22.5 Å². The molecule has 14 nitrogen and oxygen atoms in total. The van der Waals surface area contributed by atoms with Crippen LogP contribution in [0.4, 0.5) is 27.0 Å². The zero-order valence-electron chi connectivity index (χ0n) is 16.5. The van der Waals surface area contributed by atoms with Gasteiger partial charge in [-0.3, -0.25) is 30.3 Å². The summed E-state index contributed by atoms with van der Waals surface area (Å²) < 4.78 is 0. The van der Waals surface area contributed by atoms with E-state index in [1.165, 1.54) is 54.7 Å². The highest BCUT2D eigenvalue weighted by Gasteiger charge is 2.12. The molecule has 0 aliphatic heterocycles. The fourth-order valence-electron chi connectivity index (χ4n) is 2.34. The first-order valence-corrected chi connectivity index (χ1v) is 9.83. The molecule has 1 aromatic heterocycles. The zero-order valence-corrected chi connectivity index (χ0v) is 17.3. The molecule has 0 bridgehead atoms. The molecular weight excluding hydrogens is 456 g/mol. The molecule has 0 aliphatic carbocycles. The largest absolute Gasteiger partial charge is 0.325 e. The Morgan fingerprint density at radius 1 is 0.939 bits per heavy atom. The van der Waals surface area contributed by atoms with Crippen LogP contribution in [0.1, 0.15) is 10.6 Å². The number of carbonyl (C=O) groups is 2. The average Bonchev–Trinajstić information content (AvgIpc) is 3.20. The Labute approximate surface area is 188 Å². The molecule has 0 saturated heterocycles. The van der Waals surface area contributed by atoms with Gasteiger partial charge in [-0.25, -0.2) is 10.2 Å². The number of hydrogen-bond acceptors (Lipinski definition) is 10. The van der Waals surface area contributed by atoms with Gasteiger partial charge in [0.1, 0.15) is 5.01 Å². The van der Waals surface area contributed by atoms with Crippen molar-refractivity contribution in [2.45, 2.75) is 6.42 Å². The molecule has 15 heteroatoms. The zero-order chi connectivity index (χ0) is 23.8. The third-order valence-electron chi connectivity index (χ3n) is 3.84. The van der Waals surface area contributed by atoms with E-state index < -0.39 is 21.8 Å². The normalized spacial score (nSPS) is 10.5. The minimum atomic E-state index is -0.635. The molecule has 0 fully saturated rings. The molecule has 0 aliphatic rings. The number of anilines is 2. The van der Waals surface area contributed by atoms with Crippen LogP contribution in [0.3, 0.4) is 0 Å². The van der Waals surface area contributed by atoms with Crippen LogP contribution < -0.4 is 16.1 Å². The highest BCUT2D eigenvalue weighted by molar-refractivity contribution is 7.15. The molecule has 3 amide bonds. The van der Waals surface area contributed by atoms with E-state index in [1.54, 1.807) is 0 Å². The smallest absolute Gasteiger partial charge is 0.308 e. The second-order valence-electron chi connectivity index (χ2n) is 6.20. The Bertz CT molecular complexity index is 1210. The van der Waals surface area contributed by atoms with Crippen molar-refractivity contribution in [3.05, 3.63) is 79.3 Å². The van der Waals surface area contributed by atoms with Crippen LogP contribution in [0.5, 0.6) is 0 Å². The van der Waals surface area contributed by atoms with E-state index in [0.29, 0.717) is 16.3 Å². The molecule has 33 heavy (non-hydrogen) atoms. The van der Waals surface area contributed by atoms with E-state index in [-0.39, 0.29) is 22.9 Å². The van der Waals surface area contributed by atoms with E-state index in [2.05, 4.69) is 31.4 Å². The van der Waals surface area contributed by atoms with Crippen molar-refractivity contribution >= 4 is 51.7 Å². The molecular formula is C18H14N8O6S. The van der Waals surface area contributed by atoms with Gasteiger partial charge in [-0.05, 0) is 29.8 Å². The van der Waals surface area contributed by atoms with Crippen molar-refractivity contribution in [2.75, 3.05) is 10.6 Å². The summed E-state index contributed by atoms with van der Waals surface area (Å²) in [6.07, 6.45) is 1.19. The van der Waals surface area contributed by atoms with Gasteiger partial charge >= 0.3 is 6.03 Å². The number of carbonyl (C=O) groups excluding carboxylic acids is 2. The van der Waals surface area contributed by atoms with Gasteiger partial charge in [-0.15, -0.1) is 10.2 Å². The van der Waals surface area contributed by atoms with Crippen molar-refractivity contribution in [1.29, 1.82) is 0 Å². The van der Waals surface area contributed by atoms with Crippen LogP contribution >= 0.6 is 11.3 Å². The average molecular weight is 470 g/mol. The molecule has 0 spiro atoms. The maximum Gasteiger partial charge on any atom is 0.325 e. The van der Waals surface area contributed by atoms with Crippen LogP contribution in [0.25, 0.3) is 0 Å². The lowest BCUT2D eigenvalue weighted by molar-refractivity contribution is -0.385. The third kappa shape index (κ3) is 6.86. The van der Waals surface area contributed by atoms with Crippen LogP contribution in [0, 0.1) is 20.2 Å². The summed E-state index contributed by atoms with van der Waals surface area (Å²) in [7, 11) is 0. The minimum absolute atomic E-state index is 0.0571. The van der Waals surface area contributed by atoms with E-state index in [4.69, 9.17) is 0 Å². The lowest BCUT2D eigenvalue weighted by atomic mass is 10.2. The molecule has 3 aromatic rings. The number of nitro groups is 2. The molecule has 3 N–H and O–H groups in total. The highest BCUT2D eigenvalue weighted by atomic mass is 32.1. The van der Waals surface area contributed by atoms with Gasteiger partial charge in [0.15, 0.2) is 0 Å². The number of hydrazone groups is 1. The minimum Gasteiger partial charge on any atom is -0.308 e. The van der Waals surface area contributed by atoms with Crippen LogP contribution in [-0.2, 0) is 11.2 Å². The molecule has 0 atom stereocenters. The lowest BCUT2D eigenvalue weighted by Crippen LogP contribution is -2.19. The number of amides is 3. The number of nitrogens with zero attached hydrogens (tertiary/aromatic N) is 5. The topological polar surface area (TPSA) is 195 Å². The quantitative estimate of drug-likeness (QED) is 0.254. The molecule has 2 aromatic carbocycles. The van der Waals surface area contributed by atoms with Crippen molar-refractivity contribution in [1.82, 2.24) is 15.6 Å². The maximum atomic E-state index is 12.0. The predicted octanol–water partition coefficient (Wildman–Crippen LogP) is 2.69. The first kappa shape index (κ1) is 22.9. The van der Waals surface area contributed by atoms with Gasteiger partial charge < -0.3 is 5.32 Å². The van der Waals surface area contributed by atoms with Gasteiger partial charge in [0, 0.05) is 30.0 Å². The number of nitro benzene ring substituents is 2. The fraction of sp³-hybridized carbons (Fsp3) is 0.0556. The van der Waals surface area contributed by atoms with Crippen LogP contribution in [0.2, 0.25) is 0 Å². The van der Waals surface area contributed by atoms with Crippen LogP contribution in [-0.4, -0.2) is 38.2 Å². The van der Waals surface area contributed by atoms with Crippen LogP contribution in [0.15, 0.2) is 53.6 Å². The van der Waals surface area contributed by atoms with Crippen molar-refractivity contribution in [3.63, 3.8) is 0 Å². The third-order valence-corrected chi connectivity index (χ3v) is 4.68. The Morgan fingerprint density at radius 2 is 1.55 bits per heavy atom. The van der Waals surface area contributed by atoms with E-state index in [9.17, 15) is 29.8 Å². The maximum absolute atomic E-state index is 12.0. The van der Waals surface area contributed by atoms with Crippen molar-refractivity contribution in [2.24, 2.45) is 5.10 Å². The summed E-state index contributed by atoms with van der Waals surface area (Å²) >= 11 is 0.981. The number of hydrogen-bond donors (Lipinski definition) is 3. The fourth-order valence-corrected chi connectivity index (χ4v) is 3.07. The van der Waals surface area contributed by atoms with Gasteiger partial charge in [-0.1, -0.05) is 11.3 Å². The number of urea groups is 1. The second kappa shape index (κ2) is 10.5. The molecule has 0 saturated carbocycles. The first-order valence-electron chi connectivity index (χ1n) is 9.01. The molecule has 168 valence electrons. The molecule has 3 rings (SSSR count). The van der Waals surface area contributed by atoms with E-state index >= 15 is 0 Å². The van der Waals surface area contributed by atoms with Gasteiger partial charge in [0.25, 0.3) is 11.4 Å². The second-order valence-corrected chi connectivity index (χ2v) is 7.26. The SMILES string of the molecule is O=C(Cc1nnc(NC(=O)Nc2ccc([N+](=O)[O-])cc2)s1)N/N=C\c1ccc([N+](=O)[O-])cc1. The van der Waals surface area contributed by atoms with Gasteiger partial charge in [-0.2, -0.15) is 5.10 Å². The Balaban J connectivity index is 1.46. The molecule has 0 radical (unpaired) electrons. The van der Waals surface area contributed by atoms with E-state index in [1.807, 2.05) is 0 Å². The monoisotopic (exact) mass is 470 g/mol. The number of nitrogens with one attached hydrogen (secondary N) is 3. The Morgan fingerprint density at radius 3 is 2.15 bits per heavy atom. The summed E-state index contributed by atoms with van der Waals surface area (Å²) in [5.41, 5.74) is 3.04. The summed E-state index contributed by atoms with van der Waals surface area (Å²) in [4.78, 5) is 44.2. The molecule has 0 unspecified atom stereocenters. The number of rotatable bonds is 8. The summed E-state index contributed by atoms with van der Waals surface area (Å²) in [6, 6.07) is 10.2. The standard InChI is InChI=1S/C18H14N8O6S/c27-15(22-19-10-11-1-5-13(6-2-11)25(29)30)9-16-23-24-18(33-16)21-17(28)20-12-3-7-14(8-4-12)26(31)32/h1-8,10H,9H2,(H,22,27)(H2,20,21,24,28)/b19-10-. The predicted molar refractivity (Wildman–Crippen MR) is 118 cm³/mol. The molecule has 1 heterocycles. The van der Waals surface area contributed by atoms with Crippen molar-refractivity contribution < 1.29 is 19.4 Å². The van der Waals surface area contributed by atoms with E-state index in [0.717, 1.165) is 11.3 Å². The number of aromatic nitrogens is 2. The van der Waals surface area contributed by atoms with Crippen molar-refractivity contribution in [3.8, 4) is 0 Å². The Hall–Kier alpha value is -4.79.